The van der Waals surface area contributed by atoms with Gasteiger partial charge in [0.15, 0.2) is 0 Å². The lowest BCUT2D eigenvalue weighted by atomic mass is 10.2. The summed E-state index contributed by atoms with van der Waals surface area (Å²) in [5, 5.41) is 3.29. The number of carbonyl (C=O) groups is 2. The maximum atomic E-state index is 12.4. The largest absolute Gasteiger partial charge is 0.495 e. The van der Waals surface area contributed by atoms with Gasteiger partial charge in [-0.15, -0.1) is 0 Å². The molecule has 2 rings (SSSR count). The van der Waals surface area contributed by atoms with Crippen molar-refractivity contribution < 1.29 is 14.3 Å². The van der Waals surface area contributed by atoms with E-state index in [4.69, 9.17) is 16.3 Å². The lowest BCUT2D eigenvalue weighted by molar-refractivity contribution is -0.135. The molecule has 1 saturated heterocycles. The predicted molar refractivity (Wildman–Crippen MR) is 94.5 cm³/mol. The molecule has 1 fully saturated rings. The average molecular weight is 354 g/mol. The van der Waals surface area contributed by atoms with Crippen molar-refractivity contribution in [1.29, 1.82) is 0 Å². The zero-order valence-corrected chi connectivity index (χ0v) is 15.1. The van der Waals surface area contributed by atoms with Gasteiger partial charge < -0.3 is 15.0 Å². The van der Waals surface area contributed by atoms with Crippen molar-refractivity contribution in [3.05, 3.63) is 23.2 Å². The van der Waals surface area contributed by atoms with Gasteiger partial charge in [-0.25, -0.2) is 0 Å². The molecule has 1 aromatic carbocycles. The van der Waals surface area contributed by atoms with Gasteiger partial charge in [0.2, 0.25) is 11.8 Å². The number of amides is 2. The zero-order valence-electron chi connectivity index (χ0n) is 14.3. The van der Waals surface area contributed by atoms with Crippen LogP contribution in [0, 0.1) is 0 Å². The van der Waals surface area contributed by atoms with E-state index in [1.807, 2.05) is 11.8 Å². The number of rotatable bonds is 6. The van der Waals surface area contributed by atoms with Crippen molar-refractivity contribution in [3.8, 4) is 5.75 Å². The topological polar surface area (TPSA) is 61.9 Å². The first kappa shape index (κ1) is 18.5. The third-order valence-electron chi connectivity index (χ3n) is 4.26. The van der Waals surface area contributed by atoms with Crippen molar-refractivity contribution in [2.75, 3.05) is 39.1 Å². The first-order chi connectivity index (χ1) is 11.4. The number of anilines is 1. The Bertz CT molecular complexity index is 603. The van der Waals surface area contributed by atoms with E-state index in [0.29, 0.717) is 16.5 Å². The molecule has 7 heteroatoms. The van der Waals surface area contributed by atoms with Gasteiger partial charge in [0.05, 0.1) is 25.4 Å². The first-order valence-electron chi connectivity index (χ1n) is 8.04. The van der Waals surface area contributed by atoms with Crippen molar-refractivity contribution >= 4 is 29.1 Å². The highest BCUT2D eigenvalue weighted by molar-refractivity contribution is 6.31. The highest BCUT2D eigenvalue weighted by Crippen LogP contribution is 2.27. The van der Waals surface area contributed by atoms with Crippen molar-refractivity contribution in [3.63, 3.8) is 0 Å². The molecule has 1 aliphatic rings. The Kier molecular flexibility index (Phi) is 6.45. The standard InChI is InChI=1S/C17H24ClN3O3/c1-12(17(23)21-8-4-5-9-21)20(2)11-16(22)19-14-10-13(18)6-7-15(14)24-3/h6-7,10,12H,4-5,8-9,11H2,1-3H3,(H,19,22)/t12-/m1/s1. The maximum Gasteiger partial charge on any atom is 0.239 e. The molecule has 0 spiro atoms. The molecular formula is C17H24ClN3O3. The quantitative estimate of drug-likeness (QED) is 0.852. The average Bonchev–Trinajstić information content (AvgIpc) is 3.08. The molecule has 0 unspecified atom stereocenters. The number of benzene rings is 1. The van der Waals surface area contributed by atoms with E-state index in [1.54, 1.807) is 30.1 Å². The summed E-state index contributed by atoms with van der Waals surface area (Å²) in [7, 11) is 3.30. The van der Waals surface area contributed by atoms with Crippen molar-refractivity contribution in [1.82, 2.24) is 9.80 Å². The van der Waals surface area contributed by atoms with E-state index >= 15 is 0 Å². The van der Waals surface area contributed by atoms with E-state index in [2.05, 4.69) is 5.32 Å². The van der Waals surface area contributed by atoms with Crippen LogP contribution in [0.4, 0.5) is 5.69 Å². The Balaban J connectivity index is 1.93. The molecule has 1 aliphatic heterocycles. The number of nitrogens with one attached hydrogen (secondary N) is 1. The fourth-order valence-electron chi connectivity index (χ4n) is 2.72. The van der Waals surface area contributed by atoms with E-state index in [-0.39, 0.29) is 24.4 Å². The van der Waals surface area contributed by atoms with Gasteiger partial charge in [-0.3, -0.25) is 14.5 Å². The molecule has 1 aromatic rings. The number of hydrogen-bond acceptors (Lipinski definition) is 4. The molecule has 132 valence electrons. The maximum absolute atomic E-state index is 12.4. The molecule has 0 saturated carbocycles. The van der Waals surface area contributed by atoms with Gasteiger partial charge >= 0.3 is 0 Å². The van der Waals surface area contributed by atoms with Crippen molar-refractivity contribution in [2.45, 2.75) is 25.8 Å². The number of halogens is 1. The van der Waals surface area contributed by atoms with Gasteiger partial charge in [-0.1, -0.05) is 11.6 Å². The van der Waals surface area contributed by atoms with Crippen LogP contribution in [0.25, 0.3) is 0 Å². The minimum Gasteiger partial charge on any atom is -0.495 e. The Labute approximate surface area is 147 Å². The summed E-state index contributed by atoms with van der Waals surface area (Å²) in [5.41, 5.74) is 0.516. The second-order valence-electron chi connectivity index (χ2n) is 6.02. The van der Waals surface area contributed by atoms with E-state index in [1.165, 1.54) is 7.11 Å². The zero-order chi connectivity index (χ0) is 17.7. The Hall–Kier alpha value is -1.79. The third kappa shape index (κ3) is 4.61. The van der Waals surface area contributed by atoms with Crippen LogP contribution >= 0.6 is 11.6 Å². The van der Waals surface area contributed by atoms with Crippen LogP contribution in [0.2, 0.25) is 5.02 Å². The smallest absolute Gasteiger partial charge is 0.239 e. The highest BCUT2D eigenvalue weighted by Gasteiger charge is 2.26. The summed E-state index contributed by atoms with van der Waals surface area (Å²) in [5.74, 6) is 0.388. The van der Waals surface area contributed by atoms with Crippen LogP contribution in [0.15, 0.2) is 18.2 Å². The van der Waals surface area contributed by atoms with E-state index in [9.17, 15) is 9.59 Å². The van der Waals surface area contributed by atoms with Crippen LogP contribution in [0.1, 0.15) is 19.8 Å². The van der Waals surface area contributed by atoms with Crippen LogP contribution in [0.3, 0.4) is 0 Å². The molecule has 0 aliphatic carbocycles. The van der Waals surface area contributed by atoms with Gasteiger partial charge in [-0.05, 0) is 45.0 Å². The second kappa shape index (κ2) is 8.35. The summed E-state index contributed by atoms with van der Waals surface area (Å²) in [6.45, 7) is 3.55. The Morgan fingerprint density at radius 3 is 2.67 bits per heavy atom. The Morgan fingerprint density at radius 2 is 2.04 bits per heavy atom. The molecule has 1 heterocycles. The summed E-state index contributed by atoms with van der Waals surface area (Å²) < 4.78 is 5.21. The Morgan fingerprint density at radius 1 is 1.38 bits per heavy atom. The van der Waals surface area contributed by atoms with Gasteiger partial charge in [0.25, 0.3) is 0 Å². The number of nitrogens with zero attached hydrogens (tertiary/aromatic N) is 2. The number of likely N-dealkylation sites (tertiary alicyclic amines) is 1. The number of methoxy groups -OCH3 is 1. The molecule has 0 aromatic heterocycles. The second-order valence-corrected chi connectivity index (χ2v) is 6.45. The normalized spacial score (nSPS) is 15.5. The number of carbonyl (C=O) groups excluding carboxylic acids is 2. The predicted octanol–water partition coefficient (Wildman–Crippen LogP) is 2.23. The molecule has 0 radical (unpaired) electrons. The van der Waals surface area contributed by atoms with Gasteiger partial charge in [-0.2, -0.15) is 0 Å². The van der Waals surface area contributed by atoms with Gasteiger partial charge in [0, 0.05) is 18.1 Å². The molecule has 1 N–H and O–H groups in total. The minimum absolute atomic E-state index is 0.0723. The monoisotopic (exact) mass is 353 g/mol. The lowest BCUT2D eigenvalue weighted by Crippen LogP contribution is -2.46. The summed E-state index contributed by atoms with van der Waals surface area (Å²) in [6, 6.07) is 4.69. The molecule has 24 heavy (non-hydrogen) atoms. The third-order valence-corrected chi connectivity index (χ3v) is 4.50. The summed E-state index contributed by atoms with van der Waals surface area (Å²) >= 11 is 5.96. The van der Waals surface area contributed by atoms with Crippen LogP contribution < -0.4 is 10.1 Å². The molecule has 1 atom stereocenters. The lowest BCUT2D eigenvalue weighted by Gasteiger charge is -2.27. The fraction of sp³-hybridized carbons (Fsp3) is 0.529. The minimum atomic E-state index is -0.338. The molecular weight excluding hydrogens is 330 g/mol. The molecule has 6 nitrogen and oxygen atoms in total. The van der Waals surface area contributed by atoms with Gasteiger partial charge in [0.1, 0.15) is 5.75 Å². The number of hydrogen-bond donors (Lipinski definition) is 1. The number of likely N-dealkylation sites (N-methyl/N-ethyl adjacent to an activating group) is 1. The summed E-state index contributed by atoms with van der Waals surface area (Å²) in [6.07, 6.45) is 2.11. The number of ether oxygens (including phenoxy) is 1. The van der Waals surface area contributed by atoms with Crippen LogP contribution in [-0.2, 0) is 9.59 Å². The van der Waals surface area contributed by atoms with Crippen LogP contribution in [-0.4, -0.2) is 61.4 Å². The van der Waals surface area contributed by atoms with E-state index in [0.717, 1.165) is 25.9 Å². The SMILES string of the molecule is COc1ccc(Cl)cc1NC(=O)CN(C)[C@H](C)C(=O)N1CCCC1. The van der Waals surface area contributed by atoms with Crippen molar-refractivity contribution in [2.24, 2.45) is 0 Å². The summed E-state index contributed by atoms with van der Waals surface area (Å²) in [4.78, 5) is 28.3. The first-order valence-corrected chi connectivity index (χ1v) is 8.42. The highest BCUT2D eigenvalue weighted by atomic mass is 35.5. The fourth-order valence-corrected chi connectivity index (χ4v) is 2.89. The molecule has 2 amide bonds. The van der Waals surface area contributed by atoms with E-state index < -0.39 is 0 Å². The molecule has 0 bridgehead atoms. The van der Waals surface area contributed by atoms with Crippen LogP contribution in [0.5, 0.6) is 5.75 Å².